The number of Topliss-reactive ketones (excluding diaryl/α,β-unsaturated/α-hetero) is 1. The predicted octanol–water partition coefficient (Wildman–Crippen LogP) is 3.45. The monoisotopic (exact) mass is 243 g/mol. The summed E-state index contributed by atoms with van der Waals surface area (Å²) in [5, 5.41) is 3.23. The number of thiazole rings is 1. The SMILES string of the molecule is O=C(Cc1csc(C2CC2)n1)c1ccccc1. The molecule has 2 aromatic rings. The van der Waals surface area contributed by atoms with Gasteiger partial charge in [-0.3, -0.25) is 4.79 Å². The van der Waals surface area contributed by atoms with E-state index in [1.54, 1.807) is 11.3 Å². The van der Waals surface area contributed by atoms with Gasteiger partial charge in [0.25, 0.3) is 0 Å². The molecule has 1 aliphatic rings. The van der Waals surface area contributed by atoms with Crippen molar-refractivity contribution in [3.63, 3.8) is 0 Å². The minimum Gasteiger partial charge on any atom is -0.294 e. The summed E-state index contributed by atoms with van der Waals surface area (Å²) in [6.45, 7) is 0. The largest absolute Gasteiger partial charge is 0.294 e. The maximum atomic E-state index is 12.0. The highest BCUT2D eigenvalue weighted by atomic mass is 32.1. The van der Waals surface area contributed by atoms with Crippen molar-refractivity contribution < 1.29 is 4.79 Å². The van der Waals surface area contributed by atoms with Crippen molar-refractivity contribution in [2.45, 2.75) is 25.2 Å². The second kappa shape index (κ2) is 4.41. The minimum atomic E-state index is 0.151. The molecule has 2 nitrogen and oxygen atoms in total. The van der Waals surface area contributed by atoms with Crippen LogP contribution in [0.15, 0.2) is 35.7 Å². The third-order valence-electron chi connectivity index (χ3n) is 2.93. The van der Waals surface area contributed by atoms with Crippen molar-refractivity contribution in [2.24, 2.45) is 0 Å². The van der Waals surface area contributed by atoms with Crippen LogP contribution in [0.2, 0.25) is 0 Å². The van der Waals surface area contributed by atoms with E-state index in [1.165, 1.54) is 17.8 Å². The molecule has 86 valence electrons. The lowest BCUT2D eigenvalue weighted by molar-refractivity contribution is 0.0992. The van der Waals surface area contributed by atoms with Crippen LogP contribution in [0.5, 0.6) is 0 Å². The number of hydrogen-bond acceptors (Lipinski definition) is 3. The Morgan fingerprint density at radius 1 is 1.29 bits per heavy atom. The molecule has 17 heavy (non-hydrogen) atoms. The number of benzene rings is 1. The maximum Gasteiger partial charge on any atom is 0.168 e. The van der Waals surface area contributed by atoms with Gasteiger partial charge >= 0.3 is 0 Å². The van der Waals surface area contributed by atoms with Crippen LogP contribution in [0.4, 0.5) is 0 Å². The zero-order valence-electron chi connectivity index (χ0n) is 9.43. The van der Waals surface area contributed by atoms with Crippen LogP contribution in [-0.2, 0) is 6.42 Å². The molecular formula is C14H13NOS. The lowest BCUT2D eigenvalue weighted by Crippen LogP contribution is -2.03. The highest BCUT2D eigenvalue weighted by Crippen LogP contribution is 2.41. The highest BCUT2D eigenvalue weighted by molar-refractivity contribution is 7.09. The summed E-state index contributed by atoms with van der Waals surface area (Å²) in [6, 6.07) is 9.42. The summed E-state index contributed by atoms with van der Waals surface area (Å²) < 4.78 is 0. The highest BCUT2D eigenvalue weighted by Gasteiger charge is 2.26. The molecule has 1 fully saturated rings. The Morgan fingerprint density at radius 3 is 2.76 bits per heavy atom. The van der Waals surface area contributed by atoms with Crippen LogP contribution >= 0.6 is 11.3 Å². The van der Waals surface area contributed by atoms with Gasteiger partial charge in [-0.2, -0.15) is 0 Å². The topological polar surface area (TPSA) is 30.0 Å². The smallest absolute Gasteiger partial charge is 0.168 e. The number of ketones is 1. The van der Waals surface area contributed by atoms with Gasteiger partial charge in [0.2, 0.25) is 0 Å². The molecule has 3 heteroatoms. The molecule has 0 atom stereocenters. The Kier molecular flexibility index (Phi) is 2.77. The Balaban J connectivity index is 1.71. The first-order valence-electron chi connectivity index (χ1n) is 5.85. The molecule has 0 N–H and O–H groups in total. The van der Waals surface area contributed by atoms with E-state index in [-0.39, 0.29) is 5.78 Å². The standard InChI is InChI=1S/C14H13NOS/c16-13(10-4-2-1-3-5-10)8-12-9-17-14(15-12)11-6-7-11/h1-5,9,11H,6-8H2. The van der Waals surface area contributed by atoms with E-state index in [1.807, 2.05) is 35.7 Å². The first-order valence-corrected chi connectivity index (χ1v) is 6.73. The minimum absolute atomic E-state index is 0.151. The number of rotatable bonds is 4. The molecular weight excluding hydrogens is 230 g/mol. The predicted molar refractivity (Wildman–Crippen MR) is 68.6 cm³/mol. The molecule has 0 saturated heterocycles. The van der Waals surface area contributed by atoms with Crippen molar-refractivity contribution in [3.8, 4) is 0 Å². The van der Waals surface area contributed by atoms with Crippen LogP contribution in [0.3, 0.4) is 0 Å². The van der Waals surface area contributed by atoms with Crippen molar-refractivity contribution in [1.82, 2.24) is 4.98 Å². The van der Waals surface area contributed by atoms with Crippen molar-refractivity contribution >= 4 is 17.1 Å². The van der Waals surface area contributed by atoms with Crippen LogP contribution in [0.1, 0.15) is 39.8 Å². The molecule has 0 unspecified atom stereocenters. The molecule has 3 rings (SSSR count). The molecule has 0 amide bonds. The van der Waals surface area contributed by atoms with E-state index in [0.717, 1.165) is 11.3 Å². The summed E-state index contributed by atoms with van der Waals surface area (Å²) in [5.74, 6) is 0.832. The summed E-state index contributed by atoms with van der Waals surface area (Å²) >= 11 is 1.69. The number of hydrogen-bond donors (Lipinski definition) is 0. The summed E-state index contributed by atoms with van der Waals surface area (Å²) in [7, 11) is 0. The van der Waals surface area contributed by atoms with E-state index >= 15 is 0 Å². The second-order valence-corrected chi connectivity index (χ2v) is 5.31. The average Bonchev–Trinajstić information content (AvgIpc) is 3.12. The van der Waals surface area contributed by atoms with E-state index < -0.39 is 0 Å². The van der Waals surface area contributed by atoms with E-state index in [2.05, 4.69) is 4.98 Å². The Bertz CT molecular complexity index is 528. The third-order valence-corrected chi connectivity index (χ3v) is 3.99. The third kappa shape index (κ3) is 2.44. The molecule has 0 aliphatic heterocycles. The lowest BCUT2D eigenvalue weighted by Gasteiger charge is -1.97. The summed E-state index contributed by atoms with van der Waals surface area (Å²) in [4.78, 5) is 16.5. The lowest BCUT2D eigenvalue weighted by atomic mass is 10.1. The van der Waals surface area contributed by atoms with Gasteiger partial charge in [-0.25, -0.2) is 4.98 Å². The fourth-order valence-electron chi connectivity index (χ4n) is 1.81. The first kappa shape index (κ1) is 10.7. The molecule has 1 aliphatic carbocycles. The number of nitrogens with zero attached hydrogens (tertiary/aromatic N) is 1. The quantitative estimate of drug-likeness (QED) is 0.770. The zero-order chi connectivity index (χ0) is 11.7. The second-order valence-electron chi connectivity index (χ2n) is 4.42. The van der Waals surface area contributed by atoms with Crippen molar-refractivity contribution in [2.75, 3.05) is 0 Å². The van der Waals surface area contributed by atoms with Gasteiger partial charge in [-0.15, -0.1) is 11.3 Å². The van der Waals surface area contributed by atoms with Gasteiger partial charge < -0.3 is 0 Å². The van der Waals surface area contributed by atoms with E-state index in [0.29, 0.717) is 12.3 Å². The molecule has 1 heterocycles. The maximum absolute atomic E-state index is 12.0. The summed E-state index contributed by atoms with van der Waals surface area (Å²) in [5.41, 5.74) is 1.69. The fraction of sp³-hybridized carbons (Fsp3) is 0.286. The molecule has 1 aromatic carbocycles. The summed E-state index contributed by atoms with van der Waals surface area (Å²) in [6.07, 6.45) is 2.95. The number of carbonyl (C=O) groups excluding carboxylic acids is 1. The van der Waals surface area contributed by atoms with Gasteiger partial charge in [0.05, 0.1) is 17.1 Å². The average molecular weight is 243 g/mol. The van der Waals surface area contributed by atoms with Gasteiger partial charge in [-0.1, -0.05) is 30.3 Å². The van der Waals surface area contributed by atoms with Crippen LogP contribution in [-0.4, -0.2) is 10.8 Å². The first-order chi connectivity index (χ1) is 8.33. The van der Waals surface area contributed by atoms with Crippen LogP contribution < -0.4 is 0 Å². The molecule has 0 spiro atoms. The van der Waals surface area contributed by atoms with Crippen molar-refractivity contribution in [1.29, 1.82) is 0 Å². The Labute approximate surface area is 104 Å². The molecule has 0 radical (unpaired) electrons. The van der Waals surface area contributed by atoms with Crippen LogP contribution in [0.25, 0.3) is 0 Å². The Hall–Kier alpha value is -1.48. The van der Waals surface area contributed by atoms with Gasteiger partial charge in [-0.05, 0) is 12.8 Å². The number of aromatic nitrogens is 1. The molecule has 1 aromatic heterocycles. The normalized spacial score (nSPS) is 14.8. The molecule has 1 saturated carbocycles. The van der Waals surface area contributed by atoms with Crippen LogP contribution in [0, 0.1) is 0 Å². The van der Waals surface area contributed by atoms with Gasteiger partial charge in [0.1, 0.15) is 0 Å². The van der Waals surface area contributed by atoms with E-state index in [9.17, 15) is 4.79 Å². The van der Waals surface area contributed by atoms with Crippen molar-refractivity contribution in [3.05, 3.63) is 52.0 Å². The molecule has 0 bridgehead atoms. The Morgan fingerprint density at radius 2 is 2.06 bits per heavy atom. The van der Waals surface area contributed by atoms with E-state index in [4.69, 9.17) is 0 Å². The number of carbonyl (C=O) groups is 1. The van der Waals surface area contributed by atoms with Gasteiger partial charge in [0, 0.05) is 16.9 Å². The van der Waals surface area contributed by atoms with Gasteiger partial charge in [0.15, 0.2) is 5.78 Å². The zero-order valence-corrected chi connectivity index (χ0v) is 10.2. The fourth-order valence-corrected chi connectivity index (χ4v) is 2.80.